The van der Waals surface area contributed by atoms with Gasteiger partial charge in [0.2, 0.25) is 0 Å². The predicted octanol–water partition coefficient (Wildman–Crippen LogP) is 5.60. The van der Waals surface area contributed by atoms with E-state index in [0.29, 0.717) is 11.7 Å². The van der Waals surface area contributed by atoms with E-state index in [1.165, 1.54) is 36.0 Å². The van der Waals surface area contributed by atoms with Gasteiger partial charge in [0.1, 0.15) is 0 Å². The summed E-state index contributed by atoms with van der Waals surface area (Å²) in [6.45, 7) is 2.24. The van der Waals surface area contributed by atoms with E-state index in [4.69, 9.17) is 0 Å². The van der Waals surface area contributed by atoms with Crippen LogP contribution < -0.4 is 0 Å². The summed E-state index contributed by atoms with van der Waals surface area (Å²) in [6, 6.07) is 8.58. The van der Waals surface area contributed by atoms with Crippen molar-refractivity contribution < 1.29 is 11.7 Å². The maximum atomic E-state index is 2.40. The minimum absolute atomic E-state index is 0.440. The molecule has 1 aromatic carbocycles. The van der Waals surface area contributed by atoms with E-state index in [-0.39, 0.29) is 0 Å². The zero-order valence-corrected chi connectivity index (χ0v) is 15.2. The number of allylic oxidation sites excluding steroid dienone is 1. The molecule has 1 aliphatic rings. The van der Waals surface area contributed by atoms with Gasteiger partial charge in [-0.2, -0.15) is 0 Å². The standard InChI is InChI=1S/C13H15.2HI.Ti/c1-2-3-6-11-9-12-7-4-5-8-13(12)10-11;;;/h4-5,7-10H,2-3,6H2,1H3;2*1H;/q;;;+2/p-2. The van der Waals surface area contributed by atoms with Gasteiger partial charge in [-0.05, 0) is 24.0 Å². The van der Waals surface area contributed by atoms with Crippen LogP contribution in [0.3, 0.4) is 0 Å². The molecule has 0 nitrogen and oxygen atoms in total. The number of hydrogen-bond acceptors (Lipinski definition) is 0. The number of unbranched alkanes of at least 4 members (excludes halogenated alkanes) is 1. The summed E-state index contributed by atoms with van der Waals surface area (Å²) in [5.74, 6) is 0. The molecule has 0 amide bonds. The molecule has 0 aliphatic heterocycles. The summed E-state index contributed by atoms with van der Waals surface area (Å²) in [5.41, 5.74) is 4.25. The van der Waals surface area contributed by atoms with Crippen LogP contribution >= 0.6 is 38.4 Å². The Bertz CT molecular complexity index is 348. The Morgan fingerprint density at radius 1 is 1.12 bits per heavy atom. The van der Waals surface area contributed by atoms with Crippen molar-refractivity contribution in [3.63, 3.8) is 0 Å². The molecule has 0 unspecified atom stereocenters. The number of hydrogen-bond donors (Lipinski definition) is 0. The first-order chi connectivity index (χ1) is 7.81. The molecule has 85 valence electrons. The Balaban J connectivity index is 0.000000386. The topological polar surface area (TPSA) is 0 Å². The van der Waals surface area contributed by atoms with Crippen LogP contribution in [0.2, 0.25) is 0 Å². The van der Waals surface area contributed by atoms with Crippen LogP contribution in [-0.4, -0.2) is 0 Å². The van der Waals surface area contributed by atoms with Gasteiger partial charge in [0, 0.05) is 6.42 Å². The molecule has 0 bridgehead atoms. The Labute approximate surface area is 128 Å². The van der Waals surface area contributed by atoms with Crippen molar-refractivity contribution in [2.24, 2.45) is 0 Å². The summed E-state index contributed by atoms with van der Waals surface area (Å²) in [5, 5.41) is 0. The fourth-order valence-corrected chi connectivity index (χ4v) is 1.74. The first kappa shape index (κ1) is 15.2. The summed E-state index contributed by atoms with van der Waals surface area (Å²) < 4.78 is 0. The number of halogens is 2. The van der Waals surface area contributed by atoms with Gasteiger partial charge < -0.3 is 0 Å². The van der Waals surface area contributed by atoms with Crippen molar-refractivity contribution in [2.75, 3.05) is 0 Å². The van der Waals surface area contributed by atoms with Crippen molar-refractivity contribution in [2.45, 2.75) is 26.2 Å². The van der Waals surface area contributed by atoms with Gasteiger partial charge in [-0.15, -0.1) is 0 Å². The SMILES string of the molecule is CCCCC1=Cc2ccccc2[CH]1.[I][Ti][I]. The molecule has 3 heteroatoms. The predicted molar refractivity (Wildman–Crippen MR) is 85.4 cm³/mol. The quantitative estimate of drug-likeness (QED) is 0.397. The van der Waals surface area contributed by atoms with Crippen LogP contribution in [0, 0.1) is 6.42 Å². The Kier molecular flexibility index (Phi) is 8.66. The molecule has 16 heavy (non-hydrogen) atoms. The normalized spacial score (nSPS) is 12.3. The first-order valence-corrected chi connectivity index (χ1v) is 15.5. The second kappa shape index (κ2) is 9.12. The summed E-state index contributed by atoms with van der Waals surface area (Å²) in [4.78, 5) is 0. The Morgan fingerprint density at radius 2 is 1.75 bits per heavy atom. The van der Waals surface area contributed by atoms with E-state index in [2.05, 4.69) is 82.1 Å². The van der Waals surface area contributed by atoms with Crippen LogP contribution in [0.15, 0.2) is 29.8 Å². The second-order valence-corrected chi connectivity index (χ2v) is 16.8. The number of rotatable bonds is 3. The van der Waals surface area contributed by atoms with E-state index < -0.39 is 0 Å². The summed E-state index contributed by atoms with van der Waals surface area (Å²) >= 11 is 5.24. The second-order valence-electron chi connectivity index (χ2n) is 3.67. The molecule has 0 N–H and O–H groups in total. The third-order valence-corrected chi connectivity index (χ3v) is 2.50. The van der Waals surface area contributed by atoms with Crippen LogP contribution in [0.4, 0.5) is 0 Å². The average Bonchev–Trinajstić information content (AvgIpc) is 2.70. The number of benzene rings is 1. The maximum absolute atomic E-state index is 2.40. The Hall–Kier alpha value is 1.13. The fraction of sp³-hybridized carbons (Fsp3) is 0.308. The van der Waals surface area contributed by atoms with Crippen LogP contribution in [0.1, 0.15) is 37.3 Å². The first-order valence-electron chi connectivity index (χ1n) is 5.42. The van der Waals surface area contributed by atoms with Crippen molar-refractivity contribution in [3.8, 4) is 0 Å². The van der Waals surface area contributed by atoms with Gasteiger partial charge in [-0.25, -0.2) is 0 Å². The molecule has 0 atom stereocenters. The average molecular weight is 473 g/mol. The zero-order valence-electron chi connectivity index (χ0n) is 9.34. The van der Waals surface area contributed by atoms with Crippen molar-refractivity contribution in [1.29, 1.82) is 0 Å². The molecule has 0 aromatic heterocycles. The molecule has 0 heterocycles. The van der Waals surface area contributed by atoms with Gasteiger partial charge in [0.05, 0.1) is 0 Å². The van der Waals surface area contributed by atoms with Gasteiger partial charge in [0.25, 0.3) is 0 Å². The molecule has 1 radical (unpaired) electrons. The molecular weight excluding hydrogens is 458 g/mol. The minimum atomic E-state index is 0.440. The van der Waals surface area contributed by atoms with E-state index in [1.54, 1.807) is 0 Å². The fourth-order valence-electron chi connectivity index (χ4n) is 1.74. The summed E-state index contributed by atoms with van der Waals surface area (Å²) in [7, 11) is 0. The third-order valence-electron chi connectivity index (χ3n) is 2.50. The van der Waals surface area contributed by atoms with Crippen molar-refractivity contribution in [1.82, 2.24) is 0 Å². The van der Waals surface area contributed by atoms with Crippen molar-refractivity contribution >= 4 is 44.5 Å². The van der Waals surface area contributed by atoms with Crippen LogP contribution in [-0.2, 0) is 11.7 Å². The third kappa shape index (κ3) is 5.19. The summed E-state index contributed by atoms with van der Waals surface area (Å²) in [6.07, 6.45) is 8.43. The van der Waals surface area contributed by atoms with E-state index in [1.807, 2.05) is 0 Å². The molecule has 0 spiro atoms. The van der Waals surface area contributed by atoms with Gasteiger partial charge in [0.15, 0.2) is 0 Å². The van der Waals surface area contributed by atoms with Crippen LogP contribution in [0.25, 0.3) is 6.08 Å². The van der Waals surface area contributed by atoms with Crippen molar-refractivity contribution in [3.05, 3.63) is 47.4 Å². The molecule has 1 aliphatic carbocycles. The van der Waals surface area contributed by atoms with E-state index in [9.17, 15) is 0 Å². The Morgan fingerprint density at radius 3 is 2.31 bits per heavy atom. The number of fused-ring (bicyclic) bond motifs is 1. The molecule has 0 saturated carbocycles. The molecule has 0 fully saturated rings. The van der Waals surface area contributed by atoms with Gasteiger partial charge in [-0.1, -0.05) is 49.3 Å². The molecular formula is C13H15I2Ti. The van der Waals surface area contributed by atoms with Gasteiger partial charge in [-0.3, -0.25) is 0 Å². The molecule has 0 saturated heterocycles. The van der Waals surface area contributed by atoms with Gasteiger partial charge >= 0.3 is 50.0 Å². The zero-order chi connectivity index (χ0) is 11.8. The molecule has 1 aromatic rings. The van der Waals surface area contributed by atoms with E-state index in [0.717, 1.165) is 0 Å². The van der Waals surface area contributed by atoms with Crippen LogP contribution in [0.5, 0.6) is 0 Å². The molecule has 2 rings (SSSR count). The van der Waals surface area contributed by atoms with E-state index >= 15 is 0 Å². The monoisotopic (exact) mass is 473 g/mol.